The number of pyridine rings is 1. The molecule has 0 spiro atoms. The number of carbonyl (C=O) groups is 2. The number of methoxy groups -OCH3 is 1. The molecule has 1 unspecified atom stereocenters. The fourth-order valence-corrected chi connectivity index (χ4v) is 1.51. The van der Waals surface area contributed by atoms with Crippen molar-refractivity contribution in [2.75, 3.05) is 7.11 Å². The lowest BCUT2D eigenvalue weighted by atomic mass is 10.1. The van der Waals surface area contributed by atoms with E-state index in [9.17, 15) is 9.59 Å². The van der Waals surface area contributed by atoms with Crippen LogP contribution in [-0.2, 0) is 14.3 Å². The number of alkyl halides is 1. The van der Waals surface area contributed by atoms with Gasteiger partial charge in [-0.1, -0.05) is 0 Å². The lowest BCUT2D eigenvalue weighted by Crippen LogP contribution is -2.20. The van der Waals surface area contributed by atoms with Crippen LogP contribution in [0.2, 0.25) is 0 Å². The van der Waals surface area contributed by atoms with Crippen LogP contribution in [0.25, 0.3) is 0 Å². The number of esters is 1. The topological polar surface area (TPSA) is 56.3 Å². The zero-order valence-electron chi connectivity index (χ0n) is 7.74. The van der Waals surface area contributed by atoms with Gasteiger partial charge in [-0.05, 0) is 27.6 Å². The van der Waals surface area contributed by atoms with Crippen molar-refractivity contribution in [1.82, 2.24) is 4.98 Å². The summed E-state index contributed by atoms with van der Waals surface area (Å²) in [5.41, 5.74) is 0.446. The van der Waals surface area contributed by atoms with Crippen LogP contribution in [0.3, 0.4) is 0 Å². The minimum absolute atomic E-state index is 0.446. The highest BCUT2D eigenvalue weighted by Crippen LogP contribution is 2.23. The van der Waals surface area contributed by atoms with E-state index in [2.05, 4.69) is 25.7 Å². The van der Waals surface area contributed by atoms with Gasteiger partial charge in [-0.25, -0.2) is 4.79 Å². The van der Waals surface area contributed by atoms with Gasteiger partial charge in [-0.2, -0.15) is 0 Å². The zero-order valence-corrected chi connectivity index (χ0v) is 10.1. The third-order valence-corrected chi connectivity index (χ3v) is 2.52. The number of ketones is 1. The number of hydrogen-bond donors (Lipinski definition) is 0. The second kappa shape index (κ2) is 5.23. The van der Waals surface area contributed by atoms with E-state index < -0.39 is 17.1 Å². The molecule has 1 aromatic rings. The number of ether oxygens (including phenoxy) is 1. The monoisotopic (exact) mass is 291 g/mol. The Hall–Kier alpha value is -0.940. The van der Waals surface area contributed by atoms with E-state index in [1.165, 1.54) is 6.20 Å². The maximum atomic E-state index is 11.3. The highest BCUT2D eigenvalue weighted by atomic mass is 79.9. The molecular weight excluding hydrogens is 285 g/mol. The quantitative estimate of drug-likeness (QED) is 0.485. The van der Waals surface area contributed by atoms with Gasteiger partial charge in [-0.15, -0.1) is 11.6 Å². The molecule has 0 aliphatic carbocycles. The Kier molecular flexibility index (Phi) is 4.23. The molecule has 1 rings (SSSR count). The molecule has 0 aromatic carbocycles. The van der Waals surface area contributed by atoms with Crippen molar-refractivity contribution in [3.05, 3.63) is 28.5 Å². The third-order valence-electron chi connectivity index (χ3n) is 1.64. The Morgan fingerprint density at radius 3 is 2.73 bits per heavy atom. The number of aromatic nitrogens is 1. The van der Waals surface area contributed by atoms with Crippen LogP contribution in [0, 0.1) is 0 Å². The molecule has 1 heterocycles. The van der Waals surface area contributed by atoms with Crippen LogP contribution < -0.4 is 0 Å². The van der Waals surface area contributed by atoms with Crippen LogP contribution in [0.1, 0.15) is 10.9 Å². The summed E-state index contributed by atoms with van der Waals surface area (Å²) < 4.78 is 4.96. The van der Waals surface area contributed by atoms with Gasteiger partial charge < -0.3 is 4.74 Å². The molecule has 6 heteroatoms. The summed E-state index contributed by atoms with van der Waals surface area (Å²) in [5.74, 6) is -1.77. The first kappa shape index (κ1) is 12.1. The Balaban J connectivity index is 2.89. The number of hydrogen-bond acceptors (Lipinski definition) is 4. The Labute approximate surface area is 99.7 Å². The maximum absolute atomic E-state index is 11.3. The van der Waals surface area contributed by atoms with E-state index in [-0.39, 0.29) is 0 Å². The van der Waals surface area contributed by atoms with Crippen molar-refractivity contribution < 1.29 is 14.3 Å². The fraction of sp³-hybridized carbons (Fsp3) is 0.222. The Bertz CT molecular complexity index is 397. The van der Waals surface area contributed by atoms with E-state index in [1.807, 2.05) is 0 Å². The lowest BCUT2D eigenvalue weighted by Gasteiger charge is -2.06. The van der Waals surface area contributed by atoms with Gasteiger partial charge in [0.25, 0.3) is 5.78 Å². The molecule has 0 saturated carbocycles. The van der Waals surface area contributed by atoms with Crippen LogP contribution in [-0.4, -0.2) is 23.8 Å². The smallest absolute Gasteiger partial charge is 0.376 e. The van der Waals surface area contributed by atoms with Crippen molar-refractivity contribution in [3.63, 3.8) is 0 Å². The zero-order chi connectivity index (χ0) is 11.4. The van der Waals surface area contributed by atoms with Crippen LogP contribution >= 0.6 is 27.5 Å². The molecule has 1 aromatic heterocycles. The molecule has 1 atom stereocenters. The van der Waals surface area contributed by atoms with E-state index in [4.69, 9.17) is 11.6 Å². The molecule has 0 N–H and O–H groups in total. The summed E-state index contributed by atoms with van der Waals surface area (Å²) in [7, 11) is 1.13. The summed E-state index contributed by atoms with van der Waals surface area (Å²) in [5, 5.41) is -1.07. The summed E-state index contributed by atoms with van der Waals surface area (Å²) >= 11 is 8.98. The van der Waals surface area contributed by atoms with Crippen molar-refractivity contribution >= 4 is 39.3 Å². The van der Waals surface area contributed by atoms with Crippen LogP contribution in [0.15, 0.2) is 22.9 Å². The molecular formula is C9H7BrClNO3. The second-order valence-corrected chi connectivity index (χ2v) is 4.01. The van der Waals surface area contributed by atoms with Crippen molar-refractivity contribution in [3.8, 4) is 0 Å². The first-order valence-electron chi connectivity index (χ1n) is 3.93. The van der Waals surface area contributed by atoms with Gasteiger partial charge in [0.2, 0.25) is 0 Å². The molecule has 0 radical (unpaired) electrons. The number of nitrogens with zero attached hydrogens (tertiary/aromatic N) is 1. The van der Waals surface area contributed by atoms with Gasteiger partial charge >= 0.3 is 5.97 Å². The largest absolute Gasteiger partial charge is 0.463 e. The number of Topliss-reactive ketones (excluding diaryl/α,β-unsaturated/α-hetero) is 1. The predicted octanol–water partition coefficient (Wildman–Crippen LogP) is 1.87. The average molecular weight is 293 g/mol. The molecule has 15 heavy (non-hydrogen) atoms. The molecule has 0 aliphatic heterocycles. The van der Waals surface area contributed by atoms with Gasteiger partial charge in [0.15, 0.2) is 0 Å². The first-order chi connectivity index (χ1) is 7.06. The van der Waals surface area contributed by atoms with Gasteiger partial charge in [0.05, 0.1) is 7.11 Å². The number of carbonyl (C=O) groups excluding carboxylic acids is 2. The summed E-state index contributed by atoms with van der Waals surface area (Å²) in [6.45, 7) is 0. The number of halogens is 2. The molecule has 0 aliphatic rings. The van der Waals surface area contributed by atoms with Gasteiger partial charge in [-0.3, -0.25) is 9.78 Å². The highest BCUT2D eigenvalue weighted by molar-refractivity contribution is 9.10. The van der Waals surface area contributed by atoms with Gasteiger partial charge in [0.1, 0.15) is 5.38 Å². The molecule has 0 fully saturated rings. The SMILES string of the molecule is COC(=O)C(=O)C(Cl)c1cncc(Br)c1. The Morgan fingerprint density at radius 1 is 1.53 bits per heavy atom. The average Bonchev–Trinajstić information content (AvgIpc) is 2.26. The molecule has 4 nitrogen and oxygen atoms in total. The summed E-state index contributed by atoms with van der Waals surface area (Å²) in [4.78, 5) is 26.1. The summed E-state index contributed by atoms with van der Waals surface area (Å²) in [6, 6.07) is 1.62. The predicted molar refractivity (Wildman–Crippen MR) is 57.6 cm³/mol. The fourth-order valence-electron chi connectivity index (χ4n) is 0.922. The van der Waals surface area contributed by atoms with E-state index in [1.54, 1.807) is 12.3 Å². The first-order valence-corrected chi connectivity index (χ1v) is 5.16. The molecule has 0 saturated heterocycles. The molecule has 0 amide bonds. The summed E-state index contributed by atoms with van der Waals surface area (Å²) in [6.07, 6.45) is 2.97. The molecule has 80 valence electrons. The minimum atomic E-state index is -1.07. The van der Waals surface area contributed by atoms with Gasteiger partial charge in [0, 0.05) is 16.9 Å². The van der Waals surface area contributed by atoms with Crippen molar-refractivity contribution in [1.29, 1.82) is 0 Å². The van der Waals surface area contributed by atoms with E-state index in [0.29, 0.717) is 10.0 Å². The van der Waals surface area contributed by atoms with Crippen LogP contribution in [0.5, 0.6) is 0 Å². The normalized spacial score (nSPS) is 11.9. The van der Waals surface area contributed by atoms with E-state index in [0.717, 1.165) is 7.11 Å². The third kappa shape index (κ3) is 3.00. The van der Waals surface area contributed by atoms with Crippen molar-refractivity contribution in [2.45, 2.75) is 5.38 Å². The number of rotatable bonds is 3. The second-order valence-electron chi connectivity index (χ2n) is 2.65. The Morgan fingerprint density at radius 2 is 2.20 bits per heavy atom. The minimum Gasteiger partial charge on any atom is -0.463 e. The van der Waals surface area contributed by atoms with Crippen LogP contribution in [0.4, 0.5) is 0 Å². The highest BCUT2D eigenvalue weighted by Gasteiger charge is 2.25. The molecule has 0 bridgehead atoms. The lowest BCUT2D eigenvalue weighted by molar-refractivity contribution is -0.151. The standard InChI is InChI=1S/C9H7BrClNO3/c1-15-9(14)8(13)7(11)5-2-6(10)4-12-3-5/h2-4,7H,1H3. The maximum Gasteiger partial charge on any atom is 0.376 e. The van der Waals surface area contributed by atoms with Crippen molar-refractivity contribution in [2.24, 2.45) is 0 Å². The van der Waals surface area contributed by atoms with E-state index >= 15 is 0 Å².